The summed E-state index contributed by atoms with van der Waals surface area (Å²) in [6, 6.07) is 4.07. The zero-order valence-electron chi connectivity index (χ0n) is 9.94. The van der Waals surface area contributed by atoms with Crippen LogP contribution in [0.1, 0.15) is 30.1 Å². The van der Waals surface area contributed by atoms with E-state index in [1.807, 2.05) is 0 Å². The van der Waals surface area contributed by atoms with E-state index in [9.17, 15) is 4.79 Å². The van der Waals surface area contributed by atoms with Gasteiger partial charge in [-0.15, -0.1) is 0 Å². The van der Waals surface area contributed by atoms with Gasteiger partial charge in [-0.2, -0.15) is 0 Å². The van der Waals surface area contributed by atoms with E-state index in [2.05, 4.69) is 22.5 Å². The largest absolute Gasteiger partial charge is 0.366 e. The number of hydrogen-bond donors (Lipinski definition) is 3. The molecule has 1 saturated heterocycles. The van der Waals surface area contributed by atoms with Gasteiger partial charge in [0.25, 0.3) is 0 Å². The van der Waals surface area contributed by atoms with Gasteiger partial charge >= 0.3 is 0 Å². The van der Waals surface area contributed by atoms with E-state index in [1.54, 1.807) is 18.3 Å². The number of carbonyl (C=O) groups is 1. The lowest BCUT2D eigenvalue weighted by Gasteiger charge is -2.31. The number of nitrogens with zero attached hydrogens (tertiary/aromatic N) is 1. The van der Waals surface area contributed by atoms with Crippen LogP contribution in [0.25, 0.3) is 0 Å². The Morgan fingerprint density at radius 3 is 3.18 bits per heavy atom. The van der Waals surface area contributed by atoms with Gasteiger partial charge in [0.15, 0.2) is 0 Å². The molecule has 2 rings (SSSR count). The summed E-state index contributed by atoms with van der Waals surface area (Å²) >= 11 is 0. The first-order valence-corrected chi connectivity index (χ1v) is 5.92. The molecule has 1 aromatic rings. The zero-order valence-corrected chi connectivity index (χ0v) is 9.94. The number of primary amides is 1. The van der Waals surface area contributed by atoms with Crippen molar-refractivity contribution >= 4 is 11.7 Å². The molecule has 1 fully saturated rings. The van der Waals surface area contributed by atoms with E-state index in [0.29, 0.717) is 23.5 Å². The molecule has 0 aromatic carbocycles. The van der Waals surface area contributed by atoms with Crippen molar-refractivity contribution in [3.8, 4) is 0 Å². The highest BCUT2D eigenvalue weighted by Gasteiger charge is 2.20. The maximum absolute atomic E-state index is 11.1. The van der Waals surface area contributed by atoms with Crippen LogP contribution in [0.5, 0.6) is 0 Å². The summed E-state index contributed by atoms with van der Waals surface area (Å²) in [5.74, 6) is 0.284. The monoisotopic (exact) mass is 234 g/mol. The highest BCUT2D eigenvalue weighted by atomic mass is 16.1. The Kier molecular flexibility index (Phi) is 3.58. The van der Waals surface area contributed by atoms with E-state index < -0.39 is 5.91 Å². The van der Waals surface area contributed by atoms with Gasteiger partial charge in [0.1, 0.15) is 5.82 Å². The molecule has 2 heterocycles. The van der Waals surface area contributed by atoms with E-state index >= 15 is 0 Å². The molecular weight excluding hydrogens is 216 g/mol. The summed E-state index contributed by atoms with van der Waals surface area (Å²) in [5, 5.41) is 6.75. The highest BCUT2D eigenvalue weighted by molar-refractivity contribution is 5.93. The Morgan fingerprint density at radius 2 is 2.47 bits per heavy atom. The summed E-state index contributed by atoms with van der Waals surface area (Å²) in [6.45, 7) is 3.21. The first-order valence-electron chi connectivity index (χ1n) is 5.92. The number of nitrogens with two attached hydrogens (primary N) is 1. The van der Waals surface area contributed by atoms with Gasteiger partial charge in [0.2, 0.25) is 5.91 Å². The van der Waals surface area contributed by atoms with Crippen molar-refractivity contribution in [3.63, 3.8) is 0 Å². The fraction of sp³-hybridized carbons (Fsp3) is 0.500. The third-order valence-electron chi connectivity index (χ3n) is 3.14. The van der Waals surface area contributed by atoms with E-state index in [-0.39, 0.29) is 0 Å². The van der Waals surface area contributed by atoms with Crippen LogP contribution in [-0.4, -0.2) is 29.5 Å². The van der Waals surface area contributed by atoms with Crippen LogP contribution >= 0.6 is 0 Å². The Bertz CT molecular complexity index is 407. The number of nitrogens with one attached hydrogen (secondary N) is 2. The molecule has 2 atom stereocenters. The summed E-state index contributed by atoms with van der Waals surface area (Å²) in [4.78, 5) is 15.3. The van der Waals surface area contributed by atoms with Crippen LogP contribution in [0.15, 0.2) is 18.3 Å². The average Bonchev–Trinajstić information content (AvgIpc) is 2.32. The number of amides is 1. The summed E-state index contributed by atoms with van der Waals surface area (Å²) in [6.07, 6.45) is 3.86. The molecule has 0 bridgehead atoms. The molecule has 1 aliphatic heterocycles. The minimum atomic E-state index is -0.426. The molecule has 1 aliphatic rings. The smallest absolute Gasteiger partial charge is 0.248 e. The Balaban J connectivity index is 2.07. The van der Waals surface area contributed by atoms with E-state index in [0.717, 1.165) is 19.4 Å². The lowest BCUT2D eigenvalue weighted by Crippen LogP contribution is -2.46. The minimum Gasteiger partial charge on any atom is -0.366 e. The number of carbonyl (C=O) groups excluding carboxylic acids is 1. The molecule has 2 unspecified atom stereocenters. The molecule has 92 valence electrons. The first kappa shape index (κ1) is 11.9. The number of rotatable bonds is 3. The molecular formula is C12H18N4O. The lowest BCUT2D eigenvalue weighted by atomic mass is 10.00. The summed E-state index contributed by atoms with van der Waals surface area (Å²) < 4.78 is 0. The number of piperidine rings is 1. The Morgan fingerprint density at radius 1 is 1.65 bits per heavy atom. The van der Waals surface area contributed by atoms with Crippen LogP contribution in [0, 0.1) is 0 Å². The molecule has 0 aliphatic carbocycles. The van der Waals surface area contributed by atoms with Crippen LogP contribution in [0.4, 0.5) is 5.82 Å². The Labute approximate surface area is 101 Å². The average molecular weight is 234 g/mol. The van der Waals surface area contributed by atoms with Crippen molar-refractivity contribution in [2.45, 2.75) is 31.8 Å². The summed E-state index contributed by atoms with van der Waals surface area (Å²) in [7, 11) is 0. The quantitative estimate of drug-likeness (QED) is 0.720. The van der Waals surface area contributed by atoms with Crippen LogP contribution in [-0.2, 0) is 0 Å². The van der Waals surface area contributed by atoms with Crippen molar-refractivity contribution in [3.05, 3.63) is 23.9 Å². The second kappa shape index (κ2) is 5.14. The second-order valence-electron chi connectivity index (χ2n) is 4.43. The molecule has 17 heavy (non-hydrogen) atoms. The van der Waals surface area contributed by atoms with Gasteiger partial charge in [-0.1, -0.05) is 0 Å². The van der Waals surface area contributed by atoms with E-state index in [4.69, 9.17) is 5.73 Å². The summed E-state index contributed by atoms with van der Waals surface area (Å²) in [5.41, 5.74) is 5.72. The molecule has 0 radical (unpaired) electrons. The number of hydrogen-bond acceptors (Lipinski definition) is 4. The molecule has 0 saturated carbocycles. The molecule has 1 aromatic heterocycles. The number of anilines is 1. The maximum Gasteiger partial charge on any atom is 0.248 e. The third-order valence-corrected chi connectivity index (χ3v) is 3.14. The van der Waals surface area contributed by atoms with Crippen LogP contribution in [0.2, 0.25) is 0 Å². The highest BCUT2D eigenvalue weighted by Crippen LogP contribution is 2.15. The van der Waals surface area contributed by atoms with Gasteiger partial charge in [0.05, 0.1) is 0 Å². The van der Waals surface area contributed by atoms with Gasteiger partial charge in [-0.3, -0.25) is 4.79 Å². The van der Waals surface area contributed by atoms with Gasteiger partial charge in [-0.05, 0) is 38.4 Å². The van der Waals surface area contributed by atoms with Crippen molar-refractivity contribution in [2.24, 2.45) is 5.73 Å². The van der Waals surface area contributed by atoms with E-state index in [1.165, 1.54) is 0 Å². The predicted octanol–water partition coefficient (Wildman–Crippen LogP) is 0.733. The van der Waals surface area contributed by atoms with Crippen molar-refractivity contribution in [2.75, 3.05) is 11.9 Å². The van der Waals surface area contributed by atoms with Gasteiger partial charge in [-0.25, -0.2) is 4.98 Å². The fourth-order valence-corrected chi connectivity index (χ4v) is 2.09. The lowest BCUT2D eigenvalue weighted by molar-refractivity contribution is 0.1000. The van der Waals surface area contributed by atoms with Crippen LogP contribution < -0.4 is 16.4 Å². The van der Waals surface area contributed by atoms with Crippen molar-refractivity contribution in [1.29, 1.82) is 0 Å². The van der Waals surface area contributed by atoms with Crippen molar-refractivity contribution in [1.82, 2.24) is 10.3 Å². The SMILES string of the molecule is CC1NCCCC1Nc1cc(C(N)=O)ccn1. The third kappa shape index (κ3) is 2.94. The molecule has 1 amide bonds. The predicted molar refractivity (Wildman–Crippen MR) is 66.9 cm³/mol. The van der Waals surface area contributed by atoms with Crippen LogP contribution in [0.3, 0.4) is 0 Å². The van der Waals surface area contributed by atoms with Crippen molar-refractivity contribution < 1.29 is 4.79 Å². The normalized spacial score (nSPS) is 24.3. The molecule has 0 spiro atoms. The molecule has 4 N–H and O–H groups in total. The zero-order chi connectivity index (χ0) is 12.3. The maximum atomic E-state index is 11.1. The first-order chi connectivity index (χ1) is 8.16. The standard InChI is InChI=1S/C12H18N4O/c1-8-10(3-2-5-14-8)16-11-7-9(12(13)17)4-6-15-11/h4,6-8,10,14H,2-3,5H2,1H3,(H2,13,17)(H,15,16). The second-order valence-corrected chi connectivity index (χ2v) is 4.43. The number of aromatic nitrogens is 1. The van der Waals surface area contributed by atoms with Gasteiger partial charge in [0, 0.05) is 23.8 Å². The topological polar surface area (TPSA) is 80.0 Å². The molecule has 5 heteroatoms. The Hall–Kier alpha value is -1.62. The molecule has 5 nitrogen and oxygen atoms in total. The van der Waals surface area contributed by atoms with Gasteiger partial charge < -0.3 is 16.4 Å². The number of pyridine rings is 1. The minimum absolute atomic E-state index is 0.347. The fourth-order valence-electron chi connectivity index (χ4n) is 2.09.